The minimum Gasteiger partial charge on any atom is -0.338 e. The summed E-state index contributed by atoms with van der Waals surface area (Å²) in [7, 11) is 0. The van der Waals surface area contributed by atoms with Crippen LogP contribution in [0.2, 0.25) is 0 Å². The van der Waals surface area contributed by atoms with E-state index in [4.69, 9.17) is 0 Å². The fourth-order valence-corrected chi connectivity index (χ4v) is 4.14. The number of rotatable bonds is 5. The summed E-state index contributed by atoms with van der Waals surface area (Å²) in [6, 6.07) is -0.0676. The first-order valence-corrected chi connectivity index (χ1v) is 8.45. The molecule has 1 aromatic rings. The number of carbonyl (C=O) groups excluding carboxylic acids is 1. The SMILES string of the molecule is Cc1cnc(CCNC(=O)NC[C@]2(C)CCCS2)s1. The summed E-state index contributed by atoms with van der Waals surface area (Å²) in [6.07, 6.45) is 5.13. The largest absolute Gasteiger partial charge is 0.338 e. The summed E-state index contributed by atoms with van der Waals surface area (Å²) in [6.45, 7) is 5.66. The molecule has 1 atom stereocenters. The van der Waals surface area contributed by atoms with E-state index < -0.39 is 0 Å². The molecule has 0 spiro atoms. The minimum absolute atomic E-state index is 0.0676. The van der Waals surface area contributed by atoms with Crippen LogP contribution >= 0.6 is 23.1 Å². The Balaban J connectivity index is 1.62. The van der Waals surface area contributed by atoms with Gasteiger partial charge in [-0.15, -0.1) is 11.3 Å². The Bertz CT molecular complexity index is 427. The van der Waals surface area contributed by atoms with E-state index in [1.54, 1.807) is 11.3 Å². The molecule has 2 rings (SSSR count). The van der Waals surface area contributed by atoms with Crippen molar-refractivity contribution in [3.8, 4) is 0 Å². The van der Waals surface area contributed by atoms with Crippen LogP contribution in [0.15, 0.2) is 6.20 Å². The number of amides is 2. The first-order chi connectivity index (χ1) is 9.07. The smallest absolute Gasteiger partial charge is 0.314 e. The van der Waals surface area contributed by atoms with Gasteiger partial charge in [0.15, 0.2) is 0 Å². The third kappa shape index (κ3) is 4.69. The second-order valence-corrected chi connectivity index (χ2v) is 8.13. The number of thioether (sulfide) groups is 1. The number of urea groups is 1. The van der Waals surface area contributed by atoms with Crippen LogP contribution in [0.1, 0.15) is 29.7 Å². The van der Waals surface area contributed by atoms with Crippen LogP contribution in [0.3, 0.4) is 0 Å². The van der Waals surface area contributed by atoms with Crippen molar-refractivity contribution in [1.29, 1.82) is 0 Å². The van der Waals surface area contributed by atoms with Crippen LogP contribution in [0.5, 0.6) is 0 Å². The zero-order valence-corrected chi connectivity index (χ0v) is 13.1. The van der Waals surface area contributed by atoms with Gasteiger partial charge in [0.25, 0.3) is 0 Å². The topological polar surface area (TPSA) is 54.0 Å². The first-order valence-electron chi connectivity index (χ1n) is 6.64. The van der Waals surface area contributed by atoms with Crippen LogP contribution in [0, 0.1) is 6.92 Å². The Labute approximate surface area is 122 Å². The molecule has 1 aromatic heterocycles. The molecular weight excluding hydrogens is 278 g/mol. The Hall–Kier alpha value is -0.750. The van der Waals surface area contributed by atoms with Gasteiger partial charge in [0.1, 0.15) is 0 Å². The maximum Gasteiger partial charge on any atom is 0.314 e. The zero-order valence-electron chi connectivity index (χ0n) is 11.5. The molecule has 0 unspecified atom stereocenters. The van der Waals surface area contributed by atoms with E-state index in [-0.39, 0.29) is 10.8 Å². The first kappa shape index (κ1) is 14.7. The van der Waals surface area contributed by atoms with E-state index in [0.29, 0.717) is 6.54 Å². The van der Waals surface area contributed by atoms with E-state index in [0.717, 1.165) is 18.0 Å². The molecule has 2 amide bonds. The Morgan fingerprint density at radius 1 is 1.53 bits per heavy atom. The van der Waals surface area contributed by atoms with Gasteiger partial charge in [-0.1, -0.05) is 0 Å². The summed E-state index contributed by atoms with van der Waals surface area (Å²) in [5, 5.41) is 6.94. The maximum absolute atomic E-state index is 11.7. The highest BCUT2D eigenvalue weighted by Crippen LogP contribution is 2.36. The molecule has 6 heteroatoms. The van der Waals surface area contributed by atoms with Crippen molar-refractivity contribution in [3.05, 3.63) is 16.1 Å². The van der Waals surface area contributed by atoms with Crippen LogP contribution in [0.25, 0.3) is 0 Å². The molecule has 0 radical (unpaired) electrons. The average molecular weight is 299 g/mol. The molecule has 1 saturated heterocycles. The van der Waals surface area contributed by atoms with Gasteiger partial charge in [0.2, 0.25) is 0 Å². The number of hydrogen-bond acceptors (Lipinski definition) is 4. The van der Waals surface area contributed by atoms with Gasteiger partial charge < -0.3 is 10.6 Å². The molecule has 0 bridgehead atoms. The highest BCUT2D eigenvalue weighted by Gasteiger charge is 2.29. The molecule has 19 heavy (non-hydrogen) atoms. The molecule has 1 fully saturated rings. The number of carbonyl (C=O) groups is 1. The number of nitrogens with zero attached hydrogens (tertiary/aromatic N) is 1. The van der Waals surface area contributed by atoms with Crippen molar-refractivity contribution in [1.82, 2.24) is 15.6 Å². The summed E-state index contributed by atoms with van der Waals surface area (Å²) >= 11 is 3.65. The molecule has 106 valence electrons. The summed E-state index contributed by atoms with van der Waals surface area (Å²) < 4.78 is 0.226. The lowest BCUT2D eigenvalue weighted by Gasteiger charge is -2.22. The van der Waals surface area contributed by atoms with Crippen molar-refractivity contribution in [2.75, 3.05) is 18.8 Å². The quantitative estimate of drug-likeness (QED) is 0.878. The summed E-state index contributed by atoms with van der Waals surface area (Å²) in [5.74, 6) is 1.21. The minimum atomic E-state index is -0.0676. The molecule has 1 aliphatic heterocycles. The lowest BCUT2D eigenvalue weighted by Crippen LogP contribution is -2.43. The van der Waals surface area contributed by atoms with Crippen LogP contribution in [0.4, 0.5) is 4.79 Å². The molecular formula is C13H21N3OS2. The molecule has 1 aliphatic rings. The van der Waals surface area contributed by atoms with E-state index >= 15 is 0 Å². The third-order valence-electron chi connectivity index (χ3n) is 3.22. The van der Waals surface area contributed by atoms with Gasteiger partial charge >= 0.3 is 6.03 Å². The fraction of sp³-hybridized carbons (Fsp3) is 0.692. The van der Waals surface area contributed by atoms with Crippen LogP contribution in [-0.4, -0.2) is 34.6 Å². The number of nitrogens with one attached hydrogen (secondary N) is 2. The van der Waals surface area contributed by atoms with E-state index in [2.05, 4.69) is 22.5 Å². The van der Waals surface area contributed by atoms with Crippen molar-refractivity contribution >= 4 is 29.1 Å². The molecule has 2 N–H and O–H groups in total. The number of aromatic nitrogens is 1. The third-order valence-corrected chi connectivity index (χ3v) is 5.73. The van der Waals surface area contributed by atoms with Gasteiger partial charge in [-0.3, -0.25) is 0 Å². The van der Waals surface area contributed by atoms with Gasteiger partial charge in [-0.25, -0.2) is 9.78 Å². The zero-order chi connectivity index (χ0) is 13.7. The predicted molar refractivity (Wildman–Crippen MR) is 82.1 cm³/mol. The van der Waals surface area contributed by atoms with Crippen LogP contribution < -0.4 is 10.6 Å². The second kappa shape index (κ2) is 6.61. The molecule has 4 nitrogen and oxygen atoms in total. The van der Waals surface area contributed by atoms with E-state index in [9.17, 15) is 4.79 Å². The fourth-order valence-electron chi connectivity index (χ4n) is 2.11. The Morgan fingerprint density at radius 2 is 2.37 bits per heavy atom. The summed E-state index contributed by atoms with van der Waals surface area (Å²) in [5.41, 5.74) is 0. The lowest BCUT2D eigenvalue weighted by molar-refractivity contribution is 0.240. The van der Waals surface area contributed by atoms with E-state index in [1.165, 1.54) is 23.5 Å². The van der Waals surface area contributed by atoms with E-state index in [1.807, 2.05) is 24.9 Å². The molecule has 0 aromatic carbocycles. The molecule has 2 heterocycles. The Kier molecular flexibility index (Phi) is 5.10. The van der Waals surface area contributed by atoms with Gasteiger partial charge in [-0.05, 0) is 32.4 Å². The van der Waals surface area contributed by atoms with Gasteiger partial charge in [0.05, 0.1) is 5.01 Å². The van der Waals surface area contributed by atoms with Gasteiger partial charge in [-0.2, -0.15) is 11.8 Å². The highest BCUT2D eigenvalue weighted by atomic mass is 32.2. The number of thiazole rings is 1. The lowest BCUT2D eigenvalue weighted by atomic mass is 10.1. The predicted octanol–water partition coefficient (Wildman–Crippen LogP) is 2.58. The maximum atomic E-state index is 11.7. The monoisotopic (exact) mass is 299 g/mol. The van der Waals surface area contributed by atoms with Crippen LogP contribution in [-0.2, 0) is 6.42 Å². The normalized spacial score (nSPS) is 22.4. The number of hydrogen-bond donors (Lipinski definition) is 2. The average Bonchev–Trinajstić information content (AvgIpc) is 2.97. The molecule has 0 saturated carbocycles. The Morgan fingerprint density at radius 3 is 3.00 bits per heavy atom. The van der Waals surface area contributed by atoms with Crippen molar-refractivity contribution in [2.24, 2.45) is 0 Å². The molecule has 0 aliphatic carbocycles. The standard InChI is InChI=1S/C13H21N3OS2/c1-10-8-15-11(19-10)4-6-14-12(17)16-9-13(2)5-3-7-18-13/h8H,3-7,9H2,1-2H3,(H2,14,16,17)/t13-/m0/s1. The van der Waals surface area contributed by atoms with Crippen molar-refractivity contribution in [3.63, 3.8) is 0 Å². The second-order valence-electron chi connectivity index (χ2n) is 5.13. The number of aryl methyl sites for hydroxylation is 1. The van der Waals surface area contributed by atoms with Crippen molar-refractivity contribution < 1.29 is 4.79 Å². The van der Waals surface area contributed by atoms with Crippen molar-refractivity contribution in [2.45, 2.75) is 37.9 Å². The summed E-state index contributed by atoms with van der Waals surface area (Å²) in [4.78, 5) is 17.2. The van der Waals surface area contributed by atoms with Gasteiger partial charge in [0, 0.05) is 35.3 Å². The highest BCUT2D eigenvalue weighted by molar-refractivity contribution is 8.00.